The molecule has 0 spiro atoms. The first-order chi connectivity index (χ1) is 8.91. The number of likely N-dealkylation sites (N-methyl/N-ethyl adjacent to an activating group) is 1. The van der Waals surface area contributed by atoms with Crippen LogP contribution >= 0.6 is 11.3 Å². The second-order valence-corrected chi connectivity index (χ2v) is 6.46. The van der Waals surface area contributed by atoms with Gasteiger partial charge in [-0.2, -0.15) is 0 Å². The van der Waals surface area contributed by atoms with Gasteiger partial charge in [0.25, 0.3) is 0 Å². The Bertz CT molecular complexity index is 376. The highest BCUT2D eigenvalue weighted by Crippen LogP contribution is 2.16. The minimum absolute atomic E-state index is 0.0990. The van der Waals surface area contributed by atoms with Crippen LogP contribution in [-0.2, 0) is 4.79 Å². The molecule has 1 rings (SSSR count). The fraction of sp³-hybridized carbons (Fsp3) is 0.643. The number of amides is 1. The van der Waals surface area contributed by atoms with E-state index in [1.807, 2.05) is 31.6 Å². The summed E-state index contributed by atoms with van der Waals surface area (Å²) in [5, 5.41) is 4.89. The molecule has 0 bridgehead atoms. The van der Waals surface area contributed by atoms with Gasteiger partial charge in [0.05, 0.1) is 0 Å². The first kappa shape index (κ1) is 16.1. The van der Waals surface area contributed by atoms with Crippen LogP contribution < -0.4 is 11.1 Å². The molecule has 0 saturated carbocycles. The Morgan fingerprint density at radius 3 is 2.63 bits per heavy atom. The molecule has 4 nitrogen and oxygen atoms in total. The fourth-order valence-electron chi connectivity index (χ4n) is 1.95. The van der Waals surface area contributed by atoms with Crippen LogP contribution in [0.25, 0.3) is 0 Å². The summed E-state index contributed by atoms with van der Waals surface area (Å²) in [6.07, 6.45) is 1.06. The Labute approximate surface area is 120 Å². The third kappa shape index (κ3) is 5.30. The monoisotopic (exact) mass is 283 g/mol. The van der Waals surface area contributed by atoms with E-state index < -0.39 is 6.04 Å². The normalized spacial score (nSPS) is 14.7. The second kappa shape index (κ2) is 7.62. The van der Waals surface area contributed by atoms with Gasteiger partial charge in [-0.25, -0.2) is 0 Å². The smallest absolute Gasteiger partial charge is 0.242 e. The van der Waals surface area contributed by atoms with Crippen molar-refractivity contribution in [3.05, 3.63) is 22.4 Å². The molecule has 0 aliphatic heterocycles. The highest BCUT2D eigenvalue weighted by molar-refractivity contribution is 7.10. The summed E-state index contributed by atoms with van der Waals surface area (Å²) < 4.78 is 0. The predicted octanol–water partition coefficient (Wildman–Crippen LogP) is 1.84. The molecule has 1 amide bonds. The molecule has 1 heterocycles. The van der Waals surface area contributed by atoms with Gasteiger partial charge in [-0.3, -0.25) is 4.79 Å². The summed E-state index contributed by atoms with van der Waals surface area (Å²) >= 11 is 1.51. The van der Waals surface area contributed by atoms with Crippen LogP contribution in [0.4, 0.5) is 0 Å². The molecule has 0 aliphatic carbocycles. The van der Waals surface area contributed by atoms with Gasteiger partial charge < -0.3 is 16.0 Å². The summed E-state index contributed by atoms with van der Waals surface area (Å²) in [7, 11) is 4.08. The van der Waals surface area contributed by atoms with Crippen LogP contribution in [0.15, 0.2) is 17.5 Å². The van der Waals surface area contributed by atoms with E-state index in [0.29, 0.717) is 18.5 Å². The number of carbonyl (C=O) groups excluding carboxylic acids is 1. The van der Waals surface area contributed by atoms with Gasteiger partial charge in [-0.15, -0.1) is 11.3 Å². The number of nitrogens with two attached hydrogens (primary N) is 1. The Balaban J connectivity index is 2.47. The van der Waals surface area contributed by atoms with Crippen molar-refractivity contribution in [1.82, 2.24) is 10.2 Å². The molecule has 3 N–H and O–H groups in total. The van der Waals surface area contributed by atoms with Gasteiger partial charge in [0.1, 0.15) is 6.04 Å². The van der Waals surface area contributed by atoms with Crippen molar-refractivity contribution < 1.29 is 4.79 Å². The van der Waals surface area contributed by atoms with Crippen molar-refractivity contribution in [2.24, 2.45) is 11.7 Å². The molecule has 19 heavy (non-hydrogen) atoms. The molecule has 1 aromatic rings. The quantitative estimate of drug-likeness (QED) is 0.803. The molecular weight excluding hydrogens is 258 g/mol. The summed E-state index contributed by atoms with van der Waals surface area (Å²) in [6.45, 7) is 5.02. The Kier molecular flexibility index (Phi) is 6.48. The highest BCUT2D eigenvalue weighted by Gasteiger charge is 2.19. The van der Waals surface area contributed by atoms with Gasteiger partial charge >= 0.3 is 0 Å². The van der Waals surface area contributed by atoms with Gasteiger partial charge in [-0.05, 0) is 37.9 Å². The minimum atomic E-state index is -0.554. The number of nitrogens with one attached hydrogen (secondary N) is 1. The Hall–Kier alpha value is -0.910. The minimum Gasteiger partial charge on any atom is -0.353 e. The first-order valence-electron chi connectivity index (χ1n) is 6.65. The van der Waals surface area contributed by atoms with Crippen LogP contribution in [-0.4, -0.2) is 37.5 Å². The van der Waals surface area contributed by atoms with Crippen molar-refractivity contribution in [3.8, 4) is 0 Å². The summed E-state index contributed by atoms with van der Waals surface area (Å²) in [6, 6.07) is 3.60. The van der Waals surface area contributed by atoms with E-state index in [9.17, 15) is 4.79 Å². The summed E-state index contributed by atoms with van der Waals surface area (Å²) in [5.74, 6) is 0.508. The topological polar surface area (TPSA) is 58.4 Å². The van der Waals surface area contributed by atoms with Gasteiger partial charge in [0.15, 0.2) is 0 Å². The van der Waals surface area contributed by atoms with Crippen LogP contribution in [0, 0.1) is 5.92 Å². The number of rotatable bonds is 7. The molecule has 2 unspecified atom stereocenters. The number of thiophene rings is 1. The van der Waals surface area contributed by atoms with Crippen molar-refractivity contribution in [2.75, 3.05) is 20.6 Å². The molecule has 5 heteroatoms. The van der Waals surface area contributed by atoms with Gasteiger partial charge in [-0.1, -0.05) is 19.9 Å². The van der Waals surface area contributed by atoms with Crippen molar-refractivity contribution in [2.45, 2.75) is 32.4 Å². The molecule has 0 fully saturated rings. The molecule has 2 atom stereocenters. The fourth-order valence-corrected chi connectivity index (χ4v) is 2.67. The van der Waals surface area contributed by atoms with Gasteiger partial charge in [0, 0.05) is 17.5 Å². The van der Waals surface area contributed by atoms with E-state index in [0.717, 1.165) is 11.3 Å². The lowest BCUT2D eigenvalue weighted by molar-refractivity contribution is -0.122. The number of nitrogens with zero attached hydrogens (tertiary/aromatic N) is 1. The maximum atomic E-state index is 12.0. The standard InChI is InChI=1S/C14H25N3OS/c1-10(2)8-11(17(3)4)9-16-14(18)13(15)12-6-5-7-19-12/h5-7,10-11,13H,8-9,15H2,1-4H3,(H,16,18). The lowest BCUT2D eigenvalue weighted by atomic mass is 10.0. The molecule has 0 saturated heterocycles. The molecule has 108 valence electrons. The molecular formula is C14H25N3OS. The van der Waals surface area contributed by atoms with Crippen molar-refractivity contribution in [1.29, 1.82) is 0 Å². The zero-order valence-corrected chi connectivity index (χ0v) is 13.0. The molecule has 0 radical (unpaired) electrons. The first-order valence-corrected chi connectivity index (χ1v) is 7.53. The Morgan fingerprint density at radius 1 is 1.47 bits per heavy atom. The van der Waals surface area contributed by atoms with E-state index in [-0.39, 0.29) is 5.91 Å². The van der Waals surface area contributed by atoms with E-state index in [1.54, 1.807) is 0 Å². The number of hydrogen-bond donors (Lipinski definition) is 2. The third-order valence-electron chi connectivity index (χ3n) is 3.12. The van der Waals surface area contributed by atoms with E-state index in [1.165, 1.54) is 11.3 Å². The van der Waals surface area contributed by atoms with Crippen molar-refractivity contribution in [3.63, 3.8) is 0 Å². The Morgan fingerprint density at radius 2 is 2.16 bits per heavy atom. The highest BCUT2D eigenvalue weighted by atomic mass is 32.1. The van der Waals surface area contributed by atoms with Crippen molar-refractivity contribution >= 4 is 17.2 Å². The lowest BCUT2D eigenvalue weighted by Crippen LogP contribution is -2.43. The average molecular weight is 283 g/mol. The zero-order chi connectivity index (χ0) is 14.4. The second-order valence-electron chi connectivity index (χ2n) is 5.49. The maximum Gasteiger partial charge on any atom is 0.242 e. The van der Waals surface area contributed by atoms with Gasteiger partial charge in [0.2, 0.25) is 5.91 Å². The zero-order valence-electron chi connectivity index (χ0n) is 12.2. The summed E-state index contributed by atoms with van der Waals surface area (Å²) in [5.41, 5.74) is 5.93. The predicted molar refractivity (Wildman–Crippen MR) is 81.2 cm³/mol. The molecule has 0 aromatic carbocycles. The molecule has 1 aromatic heterocycles. The van der Waals surface area contributed by atoms with E-state index >= 15 is 0 Å². The number of hydrogen-bond acceptors (Lipinski definition) is 4. The SMILES string of the molecule is CC(C)CC(CNC(=O)C(N)c1cccs1)N(C)C. The van der Waals surface area contributed by atoms with Crippen LogP contribution in [0.5, 0.6) is 0 Å². The molecule has 0 aliphatic rings. The largest absolute Gasteiger partial charge is 0.353 e. The average Bonchev–Trinajstić information content (AvgIpc) is 2.85. The number of carbonyl (C=O) groups is 1. The summed E-state index contributed by atoms with van der Waals surface area (Å²) in [4.78, 5) is 15.1. The van der Waals surface area contributed by atoms with Crippen LogP contribution in [0.3, 0.4) is 0 Å². The van der Waals surface area contributed by atoms with Crippen LogP contribution in [0.2, 0.25) is 0 Å². The maximum absolute atomic E-state index is 12.0. The van der Waals surface area contributed by atoms with Crippen LogP contribution in [0.1, 0.15) is 31.2 Å². The van der Waals surface area contributed by atoms with E-state index in [4.69, 9.17) is 5.73 Å². The van der Waals surface area contributed by atoms with E-state index in [2.05, 4.69) is 24.1 Å². The lowest BCUT2D eigenvalue weighted by Gasteiger charge is -2.26. The third-order valence-corrected chi connectivity index (χ3v) is 4.07.